The van der Waals surface area contributed by atoms with Crippen molar-refractivity contribution in [3.05, 3.63) is 52.8 Å². The zero-order chi connectivity index (χ0) is 14.5. The quantitative estimate of drug-likeness (QED) is 0.849. The molecular formula is C16H24N4. The molecule has 0 aliphatic heterocycles. The van der Waals surface area contributed by atoms with Crippen molar-refractivity contribution in [2.45, 2.75) is 26.4 Å². The van der Waals surface area contributed by atoms with Gasteiger partial charge in [0.15, 0.2) is 0 Å². The van der Waals surface area contributed by atoms with Crippen LogP contribution in [0.15, 0.2) is 30.5 Å². The van der Waals surface area contributed by atoms with Gasteiger partial charge < -0.3 is 10.2 Å². The molecule has 1 aromatic carbocycles. The summed E-state index contributed by atoms with van der Waals surface area (Å²) in [4.78, 5) is 2.25. The predicted octanol–water partition coefficient (Wildman–Crippen LogP) is 2.42. The van der Waals surface area contributed by atoms with E-state index in [1.807, 2.05) is 13.1 Å². The maximum Gasteiger partial charge on any atom is 0.0535 e. The van der Waals surface area contributed by atoms with E-state index in [4.69, 9.17) is 0 Å². The summed E-state index contributed by atoms with van der Waals surface area (Å²) in [6.07, 6.45) is 1.89. The molecule has 0 unspecified atom stereocenters. The lowest BCUT2D eigenvalue weighted by molar-refractivity contribution is 0.288. The molecule has 0 aliphatic carbocycles. The van der Waals surface area contributed by atoms with E-state index >= 15 is 0 Å². The van der Waals surface area contributed by atoms with Gasteiger partial charge in [-0.3, -0.25) is 5.10 Å². The van der Waals surface area contributed by atoms with Crippen LogP contribution in [0.25, 0.3) is 0 Å². The molecule has 0 aliphatic rings. The molecule has 1 atom stereocenters. The van der Waals surface area contributed by atoms with Crippen LogP contribution in [0.3, 0.4) is 0 Å². The molecule has 0 radical (unpaired) electrons. The van der Waals surface area contributed by atoms with Gasteiger partial charge in [-0.25, -0.2) is 0 Å². The van der Waals surface area contributed by atoms with Crippen LogP contribution in [0.2, 0.25) is 0 Å². The fourth-order valence-electron chi connectivity index (χ4n) is 2.28. The zero-order valence-electron chi connectivity index (χ0n) is 12.8. The summed E-state index contributed by atoms with van der Waals surface area (Å²) in [5, 5.41) is 10.5. The lowest BCUT2D eigenvalue weighted by Gasteiger charge is -2.25. The van der Waals surface area contributed by atoms with Crippen LogP contribution < -0.4 is 5.32 Å². The average molecular weight is 272 g/mol. The minimum absolute atomic E-state index is 0.378. The van der Waals surface area contributed by atoms with Crippen LogP contribution in [0, 0.1) is 13.8 Å². The van der Waals surface area contributed by atoms with Crippen LogP contribution in [0.5, 0.6) is 0 Å². The Morgan fingerprint density at radius 1 is 1.20 bits per heavy atom. The van der Waals surface area contributed by atoms with Gasteiger partial charge in [0.25, 0.3) is 0 Å². The Morgan fingerprint density at radius 3 is 2.45 bits per heavy atom. The second-order valence-corrected chi connectivity index (χ2v) is 5.54. The van der Waals surface area contributed by atoms with Crippen molar-refractivity contribution >= 4 is 0 Å². The van der Waals surface area contributed by atoms with Crippen LogP contribution in [0.1, 0.15) is 28.4 Å². The van der Waals surface area contributed by atoms with E-state index in [0.717, 1.165) is 18.8 Å². The molecule has 0 saturated heterocycles. The van der Waals surface area contributed by atoms with Gasteiger partial charge in [0.1, 0.15) is 0 Å². The number of aromatic amines is 1. The Labute approximate surface area is 121 Å². The summed E-state index contributed by atoms with van der Waals surface area (Å²) in [5.41, 5.74) is 5.01. The highest BCUT2D eigenvalue weighted by molar-refractivity contribution is 5.24. The smallest absolute Gasteiger partial charge is 0.0535 e. The van der Waals surface area contributed by atoms with Crippen molar-refractivity contribution in [3.63, 3.8) is 0 Å². The van der Waals surface area contributed by atoms with Gasteiger partial charge in [-0.1, -0.05) is 29.8 Å². The minimum atomic E-state index is 0.378. The van der Waals surface area contributed by atoms with Crippen molar-refractivity contribution in [3.8, 4) is 0 Å². The van der Waals surface area contributed by atoms with Crippen molar-refractivity contribution in [1.29, 1.82) is 0 Å². The lowest BCUT2D eigenvalue weighted by atomic mass is 10.0. The molecule has 0 spiro atoms. The number of nitrogens with one attached hydrogen (secondary N) is 2. The van der Waals surface area contributed by atoms with Crippen molar-refractivity contribution in [2.75, 3.05) is 20.6 Å². The largest absolute Gasteiger partial charge is 0.311 e. The Balaban J connectivity index is 1.96. The van der Waals surface area contributed by atoms with Gasteiger partial charge >= 0.3 is 0 Å². The molecule has 0 saturated carbocycles. The van der Waals surface area contributed by atoms with E-state index in [2.05, 4.69) is 65.7 Å². The third-order valence-electron chi connectivity index (χ3n) is 3.67. The highest BCUT2D eigenvalue weighted by atomic mass is 15.1. The monoisotopic (exact) mass is 272 g/mol. The second kappa shape index (κ2) is 6.68. The number of H-pyrrole nitrogens is 1. The third kappa shape index (κ3) is 3.68. The summed E-state index contributed by atoms with van der Waals surface area (Å²) in [6.45, 7) is 5.93. The Bertz CT molecular complexity index is 528. The minimum Gasteiger partial charge on any atom is -0.311 e. The lowest BCUT2D eigenvalue weighted by Crippen LogP contribution is -2.30. The highest BCUT2D eigenvalue weighted by Crippen LogP contribution is 2.18. The first-order chi connectivity index (χ1) is 9.58. The molecule has 1 heterocycles. The SMILES string of the molecule is Cc1ccc([C@H](CNCc2cn[nH]c2C)N(C)C)cc1. The molecule has 2 aromatic rings. The first-order valence-corrected chi connectivity index (χ1v) is 7.00. The Morgan fingerprint density at radius 2 is 1.90 bits per heavy atom. The van der Waals surface area contributed by atoms with Gasteiger partial charge in [0, 0.05) is 30.4 Å². The molecular weight excluding hydrogens is 248 g/mol. The molecule has 0 bridgehead atoms. The predicted molar refractivity (Wildman–Crippen MR) is 82.6 cm³/mol. The molecule has 4 nitrogen and oxygen atoms in total. The van der Waals surface area contributed by atoms with Gasteiger partial charge in [0.2, 0.25) is 0 Å². The summed E-state index contributed by atoms with van der Waals surface area (Å²) in [5.74, 6) is 0. The average Bonchev–Trinajstić information content (AvgIpc) is 2.81. The molecule has 2 rings (SSSR count). The number of hydrogen-bond donors (Lipinski definition) is 2. The van der Waals surface area contributed by atoms with Gasteiger partial charge in [-0.2, -0.15) is 5.10 Å². The number of hydrogen-bond acceptors (Lipinski definition) is 3. The first kappa shape index (κ1) is 14.8. The molecule has 0 amide bonds. The van der Waals surface area contributed by atoms with E-state index < -0.39 is 0 Å². The number of aryl methyl sites for hydroxylation is 2. The maximum atomic E-state index is 4.05. The van der Waals surface area contributed by atoms with Gasteiger partial charge in [-0.15, -0.1) is 0 Å². The maximum absolute atomic E-state index is 4.05. The first-order valence-electron chi connectivity index (χ1n) is 7.00. The molecule has 1 aromatic heterocycles. The topological polar surface area (TPSA) is 44.0 Å². The van der Waals surface area contributed by atoms with Crippen LogP contribution in [-0.4, -0.2) is 35.7 Å². The summed E-state index contributed by atoms with van der Waals surface area (Å²) in [6, 6.07) is 9.15. The van der Waals surface area contributed by atoms with Crippen molar-refractivity contribution in [1.82, 2.24) is 20.4 Å². The Kier molecular flexibility index (Phi) is 4.93. The number of likely N-dealkylation sites (N-methyl/N-ethyl adjacent to an activating group) is 1. The van der Waals surface area contributed by atoms with Crippen LogP contribution in [0.4, 0.5) is 0 Å². The van der Waals surface area contributed by atoms with Crippen LogP contribution >= 0.6 is 0 Å². The van der Waals surface area contributed by atoms with Crippen molar-refractivity contribution in [2.24, 2.45) is 0 Å². The fraction of sp³-hybridized carbons (Fsp3) is 0.438. The van der Waals surface area contributed by atoms with Gasteiger partial charge in [-0.05, 0) is 33.5 Å². The van der Waals surface area contributed by atoms with E-state index in [0.29, 0.717) is 6.04 Å². The number of benzene rings is 1. The van der Waals surface area contributed by atoms with E-state index in [9.17, 15) is 0 Å². The standard InChI is InChI=1S/C16H24N4/c1-12-5-7-14(8-6-12)16(20(3)4)11-17-9-15-10-18-19-13(15)2/h5-8,10,16-17H,9,11H2,1-4H3,(H,18,19)/t16-/m0/s1. The molecule has 20 heavy (non-hydrogen) atoms. The fourth-order valence-corrected chi connectivity index (χ4v) is 2.28. The van der Waals surface area contributed by atoms with E-state index in [1.165, 1.54) is 16.7 Å². The van der Waals surface area contributed by atoms with Gasteiger partial charge in [0.05, 0.1) is 6.20 Å². The third-order valence-corrected chi connectivity index (χ3v) is 3.67. The number of rotatable bonds is 6. The summed E-state index contributed by atoms with van der Waals surface area (Å²) < 4.78 is 0. The second-order valence-electron chi connectivity index (χ2n) is 5.54. The molecule has 4 heteroatoms. The normalized spacial score (nSPS) is 12.8. The number of nitrogens with zero attached hydrogens (tertiary/aromatic N) is 2. The van der Waals surface area contributed by atoms with Crippen LogP contribution in [-0.2, 0) is 6.54 Å². The molecule has 108 valence electrons. The summed E-state index contributed by atoms with van der Waals surface area (Å²) in [7, 11) is 4.24. The number of aromatic nitrogens is 2. The van der Waals surface area contributed by atoms with E-state index in [1.54, 1.807) is 0 Å². The van der Waals surface area contributed by atoms with Crippen molar-refractivity contribution < 1.29 is 0 Å². The zero-order valence-corrected chi connectivity index (χ0v) is 12.8. The van der Waals surface area contributed by atoms with E-state index in [-0.39, 0.29) is 0 Å². The Hall–Kier alpha value is -1.65. The molecule has 2 N–H and O–H groups in total. The highest BCUT2D eigenvalue weighted by Gasteiger charge is 2.13. The molecule has 0 fully saturated rings. The summed E-state index contributed by atoms with van der Waals surface area (Å²) >= 11 is 0.